The number of benzene rings is 1. The number of thiophene rings is 1. The van der Waals surface area contributed by atoms with Gasteiger partial charge >= 0.3 is 5.97 Å². The monoisotopic (exact) mass is 413 g/mol. The average Bonchev–Trinajstić information content (AvgIpc) is 3.28. The summed E-state index contributed by atoms with van der Waals surface area (Å²) in [6.07, 6.45) is 1.38. The van der Waals surface area contributed by atoms with Crippen LogP contribution in [-0.4, -0.2) is 36.6 Å². The fourth-order valence-corrected chi connectivity index (χ4v) is 4.25. The van der Waals surface area contributed by atoms with Gasteiger partial charge in [-0.25, -0.2) is 0 Å². The van der Waals surface area contributed by atoms with Gasteiger partial charge in [-0.2, -0.15) is 0 Å². The van der Waals surface area contributed by atoms with Gasteiger partial charge in [-0.1, -0.05) is 0 Å². The summed E-state index contributed by atoms with van der Waals surface area (Å²) in [4.78, 5) is 51.8. The predicted molar refractivity (Wildman–Crippen MR) is 111 cm³/mol. The molecule has 0 unspecified atom stereocenters. The molecule has 7 heteroatoms. The molecule has 1 saturated heterocycles. The quantitative estimate of drug-likeness (QED) is 0.485. The molecule has 1 aliphatic rings. The molecule has 152 valence electrons. The first-order valence-corrected chi connectivity index (χ1v) is 10.4. The van der Waals surface area contributed by atoms with Crippen molar-refractivity contribution in [2.24, 2.45) is 0 Å². The molecule has 1 aliphatic heterocycles. The van der Waals surface area contributed by atoms with Gasteiger partial charge in [-0.05, 0) is 50.6 Å². The van der Waals surface area contributed by atoms with E-state index in [0.717, 1.165) is 21.9 Å². The van der Waals surface area contributed by atoms with E-state index in [1.54, 1.807) is 40.5 Å². The zero-order valence-electron chi connectivity index (χ0n) is 16.5. The van der Waals surface area contributed by atoms with Gasteiger partial charge in [0, 0.05) is 46.0 Å². The van der Waals surface area contributed by atoms with Gasteiger partial charge in [0.05, 0.1) is 6.42 Å². The van der Waals surface area contributed by atoms with Crippen LogP contribution in [0.4, 0.5) is 5.69 Å². The largest absolute Gasteiger partial charge is 0.457 e. The smallest absolute Gasteiger partial charge is 0.306 e. The van der Waals surface area contributed by atoms with Crippen molar-refractivity contribution in [3.63, 3.8) is 0 Å². The number of anilines is 1. The third kappa shape index (κ3) is 5.17. The number of hydrogen-bond acceptors (Lipinski definition) is 6. The Balaban J connectivity index is 1.46. The van der Waals surface area contributed by atoms with Gasteiger partial charge in [0.25, 0.3) is 0 Å². The molecule has 1 amide bonds. The first-order valence-electron chi connectivity index (χ1n) is 9.54. The average molecular weight is 413 g/mol. The number of nitrogens with zero attached hydrogens (tertiary/aromatic N) is 1. The van der Waals surface area contributed by atoms with Crippen LogP contribution in [0, 0.1) is 13.8 Å². The third-order valence-electron chi connectivity index (χ3n) is 4.84. The van der Waals surface area contributed by atoms with Crippen LogP contribution in [0.2, 0.25) is 0 Å². The molecule has 2 heterocycles. The number of hydrogen-bond donors (Lipinski definition) is 0. The maximum absolute atomic E-state index is 12.2. The van der Waals surface area contributed by atoms with Crippen molar-refractivity contribution in [1.29, 1.82) is 0 Å². The van der Waals surface area contributed by atoms with Gasteiger partial charge in [0.2, 0.25) is 5.91 Å². The first-order chi connectivity index (χ1) is 13.8. The number of ether oxygens (including phenoxy) is 1. The molecule has 2 aromatic rings. The minimum Gasteiger partial charge on any atom is -0.457 e. The summed E-state index contributed by atoms with van der Waals surface area (Å²) in [5, 5.41) is 0. The SMILES string of the molecule is Cc1cc(C(=O)CCC(=O)OCC(=O)c2ccc(N3CCCC3=O)cc2)c(C)s1. The maximum Gasteiger partial charge on any atom is 0.306 e. The molecule has 0 spiro atoms. The van der Waals surface area contributed by atoms with Crippen molar-refractivity contribution in [3.05, 3.63) is 51.2 Å². The Morgan fingerprint density at radius 1 is 1.07 bits per heavy atom. The summed E-state index contributed by atoms with van der Waals surface area (Å²) in [6.45, 7) is 4.13. The number of ketones is 2. The van der Waals surface area contributed by atoms with Crippen molar-refractivity contribution in [1.82, 2.24) is 0 Å². The Morgan fingerprint density at radius 2 is 1.79 bits per heavy atom. The lowest BCUT2D eigenvalue weighted by Crippen LogP contribution is -2.23. The molecule has 0 N–H and O–H groups in total. The molecule has 6 nitrogen and oxygen atoms in total. The highest BCUT2D eigenvalue weighted by Gasteiger charge is 2.22. The fraction of sp³-hybridized carbons (Fsp3) is 0.364. The zero-order chi connectivity index (χ0) is 21.0. The van der Waals surface area contributed by atoms with Crippen molar-refractivity contribution < 1.29 is 23.9 Å². The van der Waals surface area contributed by atoms with Crippen LogP contribution >= 0.6 is 11.3 Å². The standard InChI is InChI=1S/C22H23NO5S/c1-14-12-18(15(2)29-14)19(24)9-10-22(27)28-13-20(25)16-5-7-17(8-6-16)23-11-3-4-21(23)26/h5-8,12H,3-4,9-11,13H2,1-2H3. The van der Waals surface area contributed by atoms with Gasteiger partial charge in [-0.3, -0.25) is 19.2 Å². The molecule has 0 saturated carbocycles. The van der Waals surface area contributed by atoms with Crippen LogP contribution < -0.4 is 4.90 Å². The summed E-state index contributed by atoms with van der Waals surface area (Å²) in [7, 11) is 0. The van der Waals surface area contributed by atoms with Crippen LogP contribution in [-0.2, 0) is 14.3 Å². The van der Waals surface area contributed by atoms with Crippen molar-refractivity contribution in [2.45, 2.75) is 39.5 Å². The van der Waals surface area contributed by atoms with Crippen molar-refractivity contribution >= 4 is 40.5 Å². The number of Topliss-reactive ketones (excluding diaryl/α,β-unsaturated/α-hetero) is 2. The molecule has 1 aromatic carbocycles. The number of carbonyl (C=O) groups is 4. The number of aryl methyl sites for hydroxylation is 2. The highest BCUT2D eigenvalue weighted by molar-refractivity contribution is 7.12. The predicted octanol–water partition coefficient (Wildman–Crippen LogP) is 3.88. The second-order valence-electron chi connectivity index (χ2n) is 7.03. The number of amides is 1. The lowest BCUT2D eigenvalue weighted by molar-refractivity contribution is -0.142. The molecular weight excluding hydrogens is 390 g/mol. The van der Waals surface area contributed by atoms with E-state index in [9.17, 15) is 19.2 Å². The van der Waals surface area contributed by atoms with Gasteiger partial charge in [0.1, 0.15) is 0 Å². The Hall–Kier alpha value is -2.80. The second kappa shape index (κ2) is 9.13. The maximum atomic E-state index is 12.2. The van der Waals surface area contributed by atoms with Gasteiger partial charge < -0.3 is 9.64 Å². The van der Waals surface area contributed by atoms with Crippen LogP contribution in [0.5, 0.6) is 0 Å². The molecule has 0 aliphatic carbocycles. The number of carbonyl (C=O) groups excluding carboxylic acids is 4. The minimum atomic E-state index is -0.574. The first kappa shape index (κ1) is 20.9. The highest BCUT2D eigenvalue weighted by Crippen LogP contribution is 2.23. The van der Waals surface area contributed by atoms with E-state index in [2.05, 4.69) is 0 Å². The van der Waals surface area contributed by atoms with E-state index in [1.807, 2.05) is 19.9 Å². The van der Waals surface area contributed by atoms with Gasteiger partial charge in [-0.15, -0.1) is 11.3 Å². The zero-order valence-corrected chi connectivity index (χ0v) is 17.3. The fourth-order valence-electron chi connectivity index (χ4n) is 3.31. The lowest BCUT2D eigenvalue weighted by atomic mass is 10.1. The molecule has 0 atom stereocenters. The van der Waals surface area contributed by atoms with E-state index < -0.39 is 5.97 Å². The van der Waals surface area contributed by atoms with Crippen molar-refractivity contribution in [3.8, 4) is 0 Å². The number of rotatable bonds is 8. The van der Waals surface area contributed by atoms with Gasteiger partial charge in [0.15, 0.2) is 18.2 Å². The summed E-state index contributed by atoms with van der Waals surface area (Å²) in [6, 6.07) is 8.53. The summed E-state index contributed by atoms with van der Waals surface area (Å²) in [5.74, 6) is -0.911. The van der Waals surface area contributed by atoms with E-state index in [0.29, 0.717) is 24.1 Å². The molecule has 0 bridgehead atoms. The van der Waals surface area contributed by atoms with E-state index in [4.69, 9.17) is 4.74 Å². The van der Waals surface area contributed by atoms with Crippen LogP contribution in [0.25, 0.3) is 0 Å². The normalized spacial score (nSPS) is 13.6. The van der Waals surface area contributed by atoms with Crippen molar-refractivity contribution in [2.75, 3.05) is 18.1 Å². The second-order valence-corrected chi connectivity index (χ2v) is 8.49. The number of esters is 1. The molecule has 29 heavy (non-hydrogen) atoms. The third-order valence-corrected chi connectivity index (χ3v) is 5.80. The molecular formula is C22H23NO5S. The van der Waals surface area contributed by atoms with E-state index in [1.165, 1.54) is 0 Å². The molecule has 0 radical (unpaired) electrons. The Morgan fingerprint density at radius 3 is 2.38 bits per heavy atom. The van der Waals surface area contributed by atoms with Crippen LogP contribution in [0.1, 0.15) is 56.2 Å². The summed E-state index contributed by atoms with van der Waals surface area (Å²) in [5.41, 5.74) is 1.82. The Labute approximate surface area is 173 Å². The van der Waals surface area contributed by atoms with E-state index in [-0.39, 0.29) is 36.9 Å². The molecule has 1 aromatic heterocycles. The van der Waals surface area contributed by atoms with E-state index >= 15 is 0 Å². The molecule has 3 rings (SSSR count). The lowest BCUT2D eigenvalue weighted by Gasteiger charge is -2.15. The topological polar surface area (TPSA) is 80.8 Å². The summed E-state index contributed by atoms with van der Waals surface area (Å²) < 4.78 is 5.02. The Bertz CT molecular complexity index is 945. The minimum absolute atomic E-state index is 0.0581. The molecule has 1 fully saturated rings. The Kier molecular flexibility index (Phi) is 6.59. The summed E-state index contributed by atoms with van der Waals surface area (Å²) >= 11 is 1.55. The van der Waals surface area contributed by atoms with Crippen LogP contribution in [0.15, 0.2) is 30.3 Å². The van der Waals surface area contributed by atoms with Crippen LogP contribution in [0.3, 0.4) is 0 Å². The highest BCUT2D eigenvalue weighted by atomic mass is 32.1.